The number of anilines is 1. The van der Waals surface area contributed by atoms with E-state index in [1.165, 1.54) is 18.2 Å². The molecule has 0 saturated carbocycles. The summed E-state index contributed by atoms with van der Waals surface area (Å²) in [6.45, 7) is 1.54. The van der Waals surface area contributed by atoms with Crippen molar-refractivity contribution in [3.05, 3.63) is 35.7 Å². The van der Waals surface area contributed by atoms with Crippen LogP contribution in [-0.2, 0) is 21.1 Å². The van der Waals surface area contributed by atoms with Gasteiger partial charge < -0.3 is 10.4 Å². The van der Waals surface area contributed by atoms with Gasteiger partial charge in [0.15, 0.2) is 9.84 Å². The predicted molar refractivity (Wildman–Crippen MR) is 88.7 cm³/mol. The smallest absolute Gasteiger partial charge is 0.232 e. The molecule has 0 radical (unpaired) electrons. The second-order valence-electron chi connectivity index (χ2n) is 5.82. The first-order valence-corrected chi connectivity index (χ1v) is 9.46. The lowest BCUT2D eigenvalue weighted by Crippen LogP contribution is -2.24. The van der Waals surface area contributed by atoms with E-state index in [0.29, 0.717) is 6.42 Å². The molecular formula is C16H19N3O4S. The SMILES string of the molecule is CCS(=O)(=O)c1ccc(O)c(NC(=O)[C@@H]2CCCc3[nH]ncc32)c1. The van der Waals surface area contributed by atoms with Crippen molar-refractivity contribution in [2.45, 2.75) is 37.0 Å². The number of aromatic hydroxyl groups is 1. The molecule has 0 fully saturated rings. The molecule has 8 heteroatoms. The molecule has 0 saturated heterocycles. The van der Waals surface area contributed by atoms with Gasteiger partial charge in [0.05, 0.1) is 28.5 Å². The van der Waals surface area contributed by atoms with Crippen molar-refractivity contribution in [1.82, 2.24) is 10.2 Å². The lowest BCUT2D eigenvalue weighted by molar-refractivity contribution is -0.117. The molecule has 1 aromatic heterocycles. The van der Waals surface area contributed by atoms with Gasteiger partial charge in [0.2, 0.25) is 5.91 Å². The maximum absolute atomic E-state index is 12.6. The van der Waals surface area contributed by atoms with Gasteiger partial charge in [0.1, 0.15) is 5.75 Å². The molecule has 3 N–H and O–H groups in total. The minimum absolute atomic E-state index is 0.0494. The summed E-state index contributed by atoms with van der Waals surface area (Å²) in [5.41, 5.74) is 1.91. The maximum atomic E-state index is 12.6. The largest absolute Gasteiger partial charge is 0.506 e. The van der Waals surface area contributed by atoms with Gasteiger partial charge in [-0.05, 0) is 37.5 Å². The van der Waals surface area contributed by atoms with E-state index in [1.54, 1.807) is 13.1 Å². The minimum Gasteiger partial charge on any atom is -0.506 e. The Kier molecular flexibility index (Phi) is 4.31. The summed E-state index contributed by atoms with van der Waals surface area (Å²) in [6.07, 6.45) is 4.06. The van der Waals surface area contributed by atoms with Crippen LogP contribution in [0, 0.1) is 0 Å². The number of H-pyrrole nitrogens is 1. The first kappa shape index (κ1) is 16.5. The van der Waals surface area contributed by atoms with Crippen molar-refractivity contribution < 1.29 is 18.3 Å². The first-order chi connectivity index (χ1) is 11.4. The molecule has 0 aliphatic heterocycles. The van der Waals surface area contributed by atoms with Crippen LogP contribution in [0.2, 0.25) is 0 Å². The molecule has 1 heterocycles. The van der Waals surface area contributed by atoms with Crippen molar-refractivity contribution in [2.75, 3.05) is 11.1 Å². The van der Waals surface area contributed by atoms with Gasteiger partial charge in [-0.3, -0.25) is 9.89 Å². The Bertz CT molecular complexity index is 873. The molecule has 1 aromatic carbocycles. The number of carbonyl (C=O) groups excluding carboxylic acids is 1. The van der Waals surface area contributed by atoms with Crippen LogP contribution in [0.3, 0.4) is 0 Å². The highest BCUT2D eigenvalue weighted by molar-refractivity contribution is 7.91. The number of benzene rings is 1. The van der Waals surface area contributed by atoms with E-state index in [4.69, 9.17) is 0 Å². The Balaban J connectivity index is 1.87. The summed E-state index contributed by atoms with van der Waals surface area (Å²) < 4.78 is 23.9. The van der Waals surface area contributed by atoms with E-state index in [2.05, 4.69) is 15.5 Å². The fraction of sp³-hybridized carbons (Fsp3) is 0.375. The average molecular weight is 349 g/mol. The number of hydrogen-bond donors (Lipinski definition) is 3. The molecule has 128 valence electrons. The van der Waals surface area contributed by atoms with Crippen LogP contribution < -0.4 is 5.32 Å². The summed E-state index contributed by atoms with van der Waals surface area (Å²) in [6, 6.07) is 3.91. The third kappa shape index (κ3) is 3.01. The van der Waals surface area contributed by atoms with E-state index < -0.39 is 9.84 Å². The number of carbonyl (C=O) groups is 1. The van der Waals surface area contributed by atoms with Crippen LogP contribution in [0.25, 0.3) is 0 Å². The molecule has 0 spiro atoms. The van der Waals surface area contributed by atoms with Crippen molar-refractivity contribution in [3.8, 4) is 5.75 Å². The van der Waals surface area contributed by atoms with E-state index in [0.717, 1.165) is 24.1 Å². The van der Waals surface area contributed by atoms with Gasteiger partial charge in [0, 0.05) is 11.3 Å². The summed E-state index contributed by atoms with van der Waals surface area (Å²) in [4.78, 5) is 12.7. The van der Waals surface area contributed by atoms with Crippen molar-refractivity contribution >= 4 is 21.4 Å². The summed E-state index contributed by atoms with van der Waals surface area (Å²) in [5.74, 6) is -0.856. The Morgan fingerprint density at radius 2 is 2.25 bits per heavy atom. The van der Waals surface area contributed by atoms with Crippen LogP contribution in [0.1, 0.15) is 36.9 Å². The second kappa shape index (κ2) is 6.27. The van der Waals surface area contributed by atoms with E-state index >= 15 is 0 Å². The standard InChI is InChI=1S/C16H19N3O4S/c1-2-24(22,23)10-6-7-15(20)14(8-10)18-16(21)11-4-3-5-13-12(11)9-17-19-13/h6-9,11,20H,2-5H2,1H3,(H,17,19)(H,18,21)/t11-/m1/s1. The molecule has 0 unspecified atom stereocenters. The van der Waals surface area contributed by atoms with Crippen molar-refractivity contribution in [3.63, 3.8) is 0 Å². The lowest BCUT2D eigenvalue weighted by Gasteiger charge is -2.21. The Hall–Kier alpha value is -2.35. The van der Waals surface area contributed by atoms with Crippen LogP contribution in [0.5, 0.6) is 5.75 Å². The molecule has 7 nitrogen and oxygen atoms in total. The third-order valence-corrected chi connectivity index (χ3v) is 6.06. The maximum Gasteiger partial charge on any atom is 0.232 e. The predicted octanol–water partition coefficient (Wildman–Crippen LogP) is 1.97. The van der Waals surface area contributed by atoms with Gasteiger partial charge in [0.25, 0.3) is 0 Å². The number of fused-ring (bicyclic) bond motifs is 1. The quantitative estimate of drug-likeness (QED) is 0.731. The van der Waals surface area contributed by atoms with Gasteiger partial charge >= 0.3 is 0 Å². The van der Waals surface area contributed by atoms with Crippen molar-refractivity contribution in [2.24, 2.45) is 0 Å². The number of sulfone groups is 1. The minimum atomic E-state index is -3.42. The van der Waals surface area contributed by atoms with Gasteiger partial charge in [-0.15, -0.1) is 0 Å². The number of amides is 1. The number of aryl methyl sites for hydroxylation is 1. The highest BCUT2D eigenvalue weighted by Gasteiger charge is 2.28. The highest BCUT2D eigenvalue weighted by atomic mass is 32.2. The number of aromatic nitrogens is 2. The van der Waals surface area contributed by atoms with E-state index in [9.17, 15) is 18.3 Å². The zero-order chi connectivity index (χ0) is 17.3. The molecule has 3 rings (SSSR count). The lowest BCUT2D eigenvalue weighted by atomic mass is 9.86. The fourth-order valence-electron chi connectivity index (χ4n) is 2.93. The number of phenolic OH excluding ortho intramolecular Hbond substituents is 1. The molecule has 1 aliphatic rings. The van der Waals surface area contributed by atoms with Crippen LogP contribution in [0.15, 0.2) is 29.3 Å². The van der Waals surface area contributed by atoms with Crippen LogP contribution in [-0.4, -0.2) is 35.4 Å². The summed E-state index contributed by atoms with van der Waals surface area (Å²) in [7, 11) is -3.42. The molecule has 24 heavy (non-hydrogen) atoms. The van der Waals surface area contributed by atoms with Crippen molar-refractivity contribution in [1.29, 1.82) is 0 Å². The second-order valence-corrected chi connectivity index (χ2v) is 8.10. The topological polar surface area (TPSA) is 112 Å². The number of phenols is 1. The number of rotatable bonds is 4. The summed E-state index contributed by atoms with van der Waals surface area (Å²) >= 11 is 0. The Morgan fingerprint density at radius 1 is 1.46 bits per heavy atom. The van der Waals surface area contributed by atoms with Gasteiger partial charge in [-0.1, -0.05) is 6.92 Å². The fourth-order valence-corrected chi connectivity index (χ4v) is 3.83. The third-order valence-electron chi connectivity index (χ3n) is 4.33. The van der Waals surface area contributed by atoms with Gasteiger partial charge in [-0.25, -0.2) is 8.42 Å². The summed E-state index contributed by atoms with van der Waals surface area (Å²) in [5, 5.41) is 19.5. The van der Waals surface area contributed by atoms with E-state index in [1.807, 2.05) is 0 Å². The van der Waals surface area contributed by atoms with Gasteiger partial charge in [-0.2, -0.15) is 5.10 Å². The zero-order valence-electron chi connectivity index (χ0n) is 13.2. The number of nitrogens with zero attached hydrogens (tertiary/aromatic N) is 1. The molecule has 2 aromatic rings. The first-order valence-electron chi connectivity index (χ1n) is 7.81. The molecule has 1 amide bonds. The zero-order valence-corrected chi connectivity index (χ0v) is 14.1. The molecule has 0 bridgehead atoms. The highest BCUT2D eigenvalue weighted by Crippen LogP contribution is 2.33. The number of nitrogens with one attached hydrogen (secondary N) is 2. The Labute approximate surface area is 140 Å². The van der Waals surface area contributed by atoms with Crippen LogP contribution >= 0.6 is 0 Å². The normalized spacial score (nSPS) is 17.3. The average Bonchev–Trinajstić information content (AvgIpc) is 3.05. The van der Waals surface area contributed by atoms with E-state index in [-0.39, 0.29) is 33.9 Å². The monoisotopic (exact) mass is 349 g/mol. The number of aromatic amines is 1. The van der Waals surface area contributed by atoms with Crippen LogP contribution in [0.4, 0.5) is 5.69 Å². The molecule has 1 aliphatic carbocycles. The number of hydrogen-bond acceptors (Lipinski definition) is 5. The molecular weight excluding hydrogens is 330 g/mol. The molecule has 1 atom stereocenters. The Morgan fingerprint density at radius 3 is 3.00 bits per heavy atom.